The third-order valence-electron chi connectivity index (χ3n) is 3.72. The van der Waals surface area contributed by atoms with Crippen LogP contribution in [0.5, 0.6) is 5.75 Å². The summed E-state index contributed by atoms with van der Waals surface area (Å²) in [6.07, 6.45) is 0. The van der Waals surface area contributed by atoms with E-state index in [4.69, 9.17) is 16.3 Å². The summed E-state index contributed by atoms with van der Waals surface area (Å²) >= 11 is 5.86. The maximum absolute atomic E-state index is 12.0. The summed E-state index contributed by atoms with van der Waals surface area (Å²) in [6.45, 7) is 6.70. The van der Waals surface area contributed by atoms with Gasteiger partial charge in [0.25, 0.3) is 0 Å². The number of carbonyl (C=O) groups excluding carboxylic acids is 1. The Labute approximate surface area is 148 Å². The lowest BCUT2D eigenvalue weighted by atomic mass is 10.2. The maximum atomic E-state index is 12.0. The molecule has 2 aromatic rings. The third-order valence-corrected chi connectivity index (χ3v) is 3.97. The van der Waals surface area contributed by atoms with E-state index >= 15 is 0 Å². The van der Waals surface area contributed by atoms with Gasteiger partial charge in [0.15, 0.2) is 0 Å². The van der Waals surface area contributed by atoms with Gasteiger partial charge >= 0.3 is 0 Å². The summed E-state index contributed by atoms with van der Waals surface area (Å²) in [5, 5.41) is 3.61. The third kappa shape index (κ3) is 5.87. The van der Waals surface area contributed by atoms with E-state index in [9.17, 15) is 4.79 Å². The molecule has 128 valence electrons. The predicted molar refractivity (Wildman–Crippen MR) is 98.6 cm³/mol. The Balaban J connectivity index is 1.84. The van der Waals surface area contributed by atoms with Gasteiger partial charge in [-0.2, -0.15) is 0 Å². The van der Waals surface area contributed by atoms with Crippen LogP contribution >= 0.6 is 11.6 Å². The van der Waals surface area contributed by atoms with Gasteiger partial charge in [-0.05, 0) is 55.1 Å². The molecule has 0 aliphatic carbocycles. The first-order chi connectivity index (χ1) is 11.6. The van der Waals surface area contributed by atoms with Crippen LogP contribution in [0.25, 0.3) is 0 Å². The standard InChI is InChI=1S/C19H23ClN2O2/c1-3-22(4-2)13-19(23)21-17-9-11-18(12-10-17)24-14-15-5-7-16(20)8-6-15/h5-12H,3-4,13-14H2,1-2H3,(H,21,23). The SMILES string of the molecule is CCN(CC)CC(=O)Nc1ccc(OCc2ccc(Cl)cc2)cc1. The molecule has 2 rings (SSSR count). The van der Waals surface area contributed by atoms with Crippen LogP contribution in [0, 0.1) is 0 Å². The Hall–Kier alpha value is -2.04. The fraction of sp³-hybridized carbons (Fsp3) is 0.316. The average Bonchev–Trinajstić information content (AvgIpc) is 2.60. The number of rotatable bonds is 8. The Kier molecular flexibility index (Phi) is 7.09. The lowest BCUT2D eigenvalue weighted by Crippen LogP contribution is -2.32. The Bertz CT molecular complexity index is 637. The summed E-state index contributed by atoms with van der Waals surface area (Å²) in [4.78, 5) is 14.0. The average molecular weight is 347 g/mol. The topological polar surface area (TPSA) is 41.6 Å². The van der Waals surface area contributed by atoms with Crippen molar-refractivity contribution in [2.24, 2.45) is 0 Å². The van der Waals surface area contributed by atoms with E-state index < -0.39 is 0 Å². The number of nitrogens with one attached hydrogen (secondary N) is 1. The van der Waals surface area contributed by atoms with E-state index in [-0.39, 0.29) is 5.91 Å². The van der Waals surface area contributed by atoms with Crippen molar-refractivity contribution in [2.45, 2.75) is 20.5 Å². The molecule has 0 aliphatic heterocycles. The molecular weight excluding hydrogens is 324 g/mol. The van der Waals surface area contributed by atoms with Crippen molar-refractivity contribution < 1.29 is 9.53 Å². The highest BCUT2D eigenvalue weighted by molar-refractivity contribution is 6.30. The summed E-state index contributed by atoms with van der Waals surface area (Å²) in [6, 6.07) is 14.9. The monoisotopic (exact) mass is 346 g/mol. The molecule has 0 unspecified atom stereocenters. The van der Waals surface area contributed by atoms with Crippen molar-refractivity contribution >= 4 is 23.2 Å². The first-order valence-electron chi connectivity index (χ1n) is 8.10. The van der Waals surface area contributed by atoms with Crippen LogP contribution in [0.2, 0.25) is 5.02 Å². The summed E-state index contributed by atoms with van der Waals surface area (Å²) in [7, 11) is 0. The number of hydrogen-bond donors (Lipinski definition) is 1. The molecule has 1 N–H and O–H groups in total. The van der Waals surface area contributed by atoms with E-state index in [0.29, 0.717) is 18.2 Å². The second-order valence-corrected chi connectivity index (χ2v) is 5.89. The quantitative estimate of drug-likeness (QED) is 0.778. The zero-order chi connectivity index (χ0) is 17.4. The van der Waals surface area contributed by atoms with Gasteiger partial charge in [-0.3, -0.25) is 9.69 Å². The van der Waals surface area contributed by atoms with E-state index in [0.717, 1.165) is 30.1 Å². The van der Waals surface area contributed by atoms with Crippen molar-refractivity contribution in [3.63, 3.8) is 0 Å². The first-order valence-corrected chi connectivity index (χ1v) is 8.48. The molecule has 0 spiro atoms. The molecule has 0 saturated heterocycles. The number of nitrogens with zero attached hydrogens (tertiary/aromatic N) is 1. The van der Waals surface area contributed by atoms with Gasteiger partial charge in [0, 0.05) is 10.7 Å². The number of anilines is 1. The molecule has 0 fully saturated rings. The van der Waals surface area contributed by atoms with Gasteiger partial charge in [-0.25, -0.2) is 0 Å². The Morgan fingerprint density at radius 1 is 1.04 bits per heavy atom. The first kappa shape index (κ1) is 18.3. The fourth-order valence-corrected chi connectivity index (χ4v) is 2.36. The molecule has 0 aliphatic rings. The van der Waals surface area contributed by atoms with E-state index in [1.165, 1.54) is 0 Å². The molecule has 24 heavy (non-hydrogen) atoms. The van der Waals surface area contributed by atoms with E-state index in [1.807, 2.05) is 62.4 Å². The minimum Gasteiger partial charge on any atom is -0.489 e. The van der Waals surface area contributed by atoms with Gasteiger partial charge in [-0.15, -0.1) is 0 Å². The number of halogens is 1. The molecule has 0 radical (unpaired) electrons. The van der Waals surface area contributed by atoms with Crippen molar-refractivity contribution in [3.05, 3.63) is 59.1 Å². The molecule has 0 aromatic heterocycles. The summed E-state index contributed by atoms with van der Waals surface area (Å²) in [5.74, 6) is 0.750. The molecule has 1 amide bonds. The van der Waals surface area contributed by atoms with Crippen LogP contribution in [0.15, 0.2) is 48.5 Å². The van der Waals surface area contributed by atoms with Crippen molar-refractivity contribution in [1.82, 2.24) is 4.90 Å². The number of hydrogen-bond acceptors (Lipinski definition) is 3. The van der Waals surface area contributed by atoms with Gasteiger partial charge in [-0.1, -0.05) is 37.6 Å². The molecule has 0 heterocycles. The van der Waals surface area contributed by atoms with E-state index in [1.54, 1.807) is 0 Å². The molecule has 4 nitrogen and oxygen atoms in total. The van der Waals surface area contributed by atoms with Gasteiger partial charge in [0.1, 0.15) is 12.4 Å². The molecule has 0 bridgehead atoms. The van der Waals surface area contributed by atoms with Gasteiger partial charge < -0.3 is 10.1 Å². The van der Waals surface area contributed by atoms with Gasteiger partial charge in [0.05, 0.1) is 6.54 Å². The molecule has 2 aromatic carbocycles. The maximum Gasteiger partial charge on any atom is 0.238 e. The zero-order valence-electron chi connectivity index (χ0n) is 14.1. The number of carbonyl (C=O) groups is 1. The second kappa shape index (κ2) is 9.30. The largest absolute Gasteiger partial charge is 0.489 e. The Morgan fingerprint density at radius 2 is 1.67 bits per heavy atom. The number of amides is 1. The summed E-state index contributed by atoms with van der Waals surface area (Å²) in [5.41, 5.74) is 1.82. The second-order valence-electron chi connectivity index (χ2n) is 5.45. The van der Waals surface area contributed by atoms with Crippen LogP contribution in [-0.4, -0.2) is 30.4 Å². The number of ether oxygens (including phenoxy) is 1. The van der Waals surface area contributed by atoms with Gasteiger partial charge in [0.2, 0.25) is 5.91 Å². The minimum absolute atomic E-state index is 0.00599. The number of benzene rings is 2. The van der Waals surface area contributed by atoms with Crippen LogP contribution in [-0.2, 0) is 11.4 Å². The number of likely N-dealkylation sites (N-methyl/N-ethyl adjacent to an activating group) is 1. The molecule has 0 saturated carbocycles. The summed E-state index contributed by atoms with van der Waals surface area (Å²) < 4.78 is 5.73. The highest BCUT2D eigenvalue weighted by Gasteiger charge is 2.07. The predicted octanol–water partition coefficient (Wildman–Crippen LogP) is 4.20. The van der Waals surface area contributed by atoms with E-state index in [2.05, 4.69) is 10.2 Å². The van der Waals surface area contributed by atoms with Crippen LogP contribution < -0.4 is 10.1 Å². The van der Waals surface area contributed by atoms with Crippen LogP contribution in [0.1, 0.15) is 19.4 Å². The molecule has 5 heteroatoms. The van der Waals surface area contributed by atoms with Crippen molar-refractivity contribution in [1.29, 1.82) is 0 Å². The zero-order valence-corrected chi connectivity index (χ0v) is 14.8. The van der Waals surface area contributed by atoms with Crippen LogP contribution in [0.4, 0.5) is 5.69 Å². The highest BCUT2D eigenvalue weighted by Crippen LogP contribution is 2.18. The normalized spacial score (nSPS) is 10.7. The van der Waals surface area contributed by atoms with Crippen LogP contribution in [0.3, 0.4) is 0 Å². The molecular formula is C19H23ClN2O2. The smallest absolute Gasteiger partial charge is 0.238 e. The lowest BCUT2D eigenvalue weighted by Gasteiger charge is -2.17. The Morgan fingerprint density at radius 3 is 2.25 bits per heavy atom. The molecule has 0 atom stereocenters. The van der Waals surface area contributed by atoms with Crippen molar-refractivity contribution in [2.75, 3.05) is 25.0 Å². The van der Waals surface area contributed by atoms with Crippen molar-refractivity contribution in [3.8, 4) is 5.75 Å². The lowest BCUT2D eigenvalue weighted by molar-refractivity contribution is -0.117. The fourth-order valence-electron chi connectivity index (χ4n) is 2.23. The highest BCUT2D eigenvalue weighted by atomic mass is 35.5. The minimum atomic E-state index is -0.00599.